The Morgan fingerprint density at radius 1 is 0.811 bits per heavy atom. The maximum absolute atomic E-state index is 5.75. The van der Waals surface area contributed by atoms with Gasteiger partial charge < -0.3 is 20.9 Å². The Balaban J connectivity index is 0.000000215. The number of halogens is 3. The van der Waals surface area contributed by atoms with Gasteiger partial charge in [-0.3, -0.25) is 0 Å². The smallest absolute Gasteiger partial charge is 0.224 e. The average Bonchev–Trinajstić information content (AvgIpc) is 2.88. The molecule has 37 heavy (non-hydrogen) atoms. The van der Waals surface area contributed by atoms with Crippen LogP contribution in [0.15, 0.2) is 24.5 Å². The molecule has 3 N–H and O–H groups in total. The van der Waals surface area contributed by atoms with E-state index in [1.165, 1.54) is 58.1 Å². The minimum Gasteiger partial charge on any atom is -0.370 e. The van der Waals surface area contributed by atoms with Crippen molar-refractivity contribution in [2.45, 2.75) is 65.5 Å². The second-order valence-electron chi connectivity index (χ2n) is 10.1. The van der Waals surface area contributed by atoms with Gasteiger partial charge in [0.15, 0.2) is 0 Å². The molecule has 2 aromatic heterocycles. The summed E-state index contributed by atoms with van der Waals surface area (Å²) >= 11 is 16.5. The minimum absolute atomic E-state index is 0.178. The lowest BCUT2D eigenvalue weighted by molar-refractivity contribution is 0.152. The van der Waals surface area contributed by atoms with Gasteiger partial charge in [-0.05, 0) is 133 Å². The van der Waals surface area contributed by atoms with E-state index >= 15 is 0 Å². The number of aromatic nitrogens is 4. The van der Waals surface area contributed by atoms with E-state index in [0.717, 1.165) is 30.7 Å². The average molecular weight is 574 g/mol. The maximum Gasteiger partial charge on any atom is 0.224 e. The van der Waals surface area contributed by atoms with Gasteiger partial charge in [0.2, 0.25) is 10.6 Å². The highest BCUT2D eigenvalue weighted by molar-refractivity contribution is 6.31. The van der Waals surface area contributed by atoms with Gasteiger partial charge in [0, 0.05) is 31.0 Å². The molecule has 2 saturated heterocycles. The summed E-state index contributed by atoms with van der Waals surface area (Å²) in [7, 11) is 0. The van der Waals surface area contributed by atoms with Gasteiger partial charge in [0.05, 0.1) is 0 Å². The van der Waals surface area contributed by atoms with Crippen molar-refractivity contribution in [3.63, 3.8) is 0 Å². The lowest BCUT2D eigenvalue weighted by Gasteiger charge is -2.34. The SMILES string of the molecule is CC(C)N1CCC(CN)CC1.CC(C)N1CCC(CNc2ccnc(Cl)n2)CC1.Clc1ccnc(Cl)n1. The van der Waals surface area contributed by atoms with Crippen LogP contribution in [0.3, 0.4) is 0 Å². The molecule has 2 aromatic rings. The topological polar surface area (TPSA) is 96.1 Å². The Morgan fingerprint density at radius 2 is 1.30 bits per heavy atom. The molecule has 0 bridgehead atoms. The van der Waals surface area contributed by atoms with Gasteiger partial charge >= 0.3 is 0 Å². The molecular formula is C26H43Cl3N8. The molecular weight excluding hydrogens is 531 g/mol. The maximum atomic E-state index is 5.75. The van der Waals surface area contributed by atoms with Crippen LogP contribution in [-0.4, -0.2) is 81.1 Å². The molecule has 11 heteroatoms. The molecule has 208 valence electrons. The molecule has 0 amide bonds. The van der Waals surface area contributed by atoms with Gasteiger partial charge in [-0.2, -0.15) is 0 Å². The third-order valence-electron chi connectivity index (χ3n) is 6.88. The first kappa shape index (κ1) is 31.9. The van der Waals surface area contributed by atoms with Crippen molar-refractivity contribution in [2.75, 3.05) is 44.6 Å². The first-order valence-corrected chi connectivity index (χ1v) is 14.4. The Bertz CT molecular complexity index is 868. The molecule has 4 rings (SSSR count). The van der Waals surface area contributed by atoms with Crippen molar-refractivity contribution in [1.29, 1.82) is 0 Å². The predicted octanol–water partition coefficient (Wildman–Crippen LogP) is 5.51. The molecule has 0 atom stereocenters. The largest absolute Gasteiger partial charge is 0.370 e. The van der Waals surface area contributed by atoms with Gasteiger partial charge in [0.25, 0.3) is 0 Å². The molecule has 2 aliphatic rings. The van der Waals surface area contributed by atoms with Crippen molar-refractivity contribution >= 4 is 40.6 Å². The summed E-state index contributed by atoms with van der Waals surface area (Å²) in [6.45, 7) is 15.8. The number of rotatable bonds is 6. The van der Waals surface area contributed by atoms with Crippen LogP contribution in [0.4, 0.5) is 5.82 Å². The van der Waals surface area contributed by atoms with Crippen LogP contribution in [-0.2, 0) is 0 Å². The van der Waals surface area contributed by atoms with E-state index in [1.807, 2.05) is 6.07 Å². The summed E-state index contributed by atoms with van der Waals surface area (Å²) in [5.41, 5.74) is 5.61. The molecule has 2 aliphatic heterocycles. The molecule has 4 heterocycles. The van der Waals surface area contributed by atoms with E-state index in [0.29, 0.717) is 22.5 Å². The summed E-state index contributed by atoms with van der Waals surface area (Å²) < 4.78 is 0. The van der Waals surface area contributed by atoms with E-state index in [2.05, 4.69) is 62.7 Å². The fraction of sp³-hybridized carbons (Fsp3) is 0.692. The molecule has 2 fully saturated rings. The van der Waals surface area contributed by atoms with Gasteiger partial charge in [-0.25, -0.2) is 19.9 Å². The van der Waals surface area contributed by atoms with Crippen LogP contribution in [0.5, 0.6) is 0 Å². The lowest BCUT2D eigenvalue weighted by Crippen LogP contribution is -2.40. The number of hydrogen-bond donors (Lipinski definition) is 2. The number of nitrogens with two attached hydrogens (primary N) is 1. The van der Waals surface area contributed by atoms with E-state index < -0.39 is 0 Å². The highest BCUT2D eigenvalue weighted by atomic mass is 35.5. The van der Waals surface area contributed by atoms with E-state index in [1.54, 1.807) is 12.3 Å². The monoisotopic (exact) mass is 572 g/mol. The van der Waals surface area contributed by atoms with Crippen LogP contribution in [0, 0.1) is 11.8 Å². The van der Waals surface area contributed by atoms with Gasteiger partial charge in [0.1, 0.15) is 11.0 Å². The first-order chi connectivity index (χ1) is 17.7. The first-order valence-electron chi connectivity index (χ1n) is 13.2. The Labute approximate surface area is 237 Å². The van der Waals surface area contributed by atoms with E-state index in [4.69, 9.17) is 40.5 Å². The van der Waals surface area contributed by atoms with E-state index in [-0.39, 0.29) is 5.28 Å². The molecule has 0 aliphatic carbocycles. The Hall–Kier alpha value is -1.29. The molecule has 0 radical (unpaired) electrons. The fourth-order valence-electron chi connectivity index (χ4n) is 4.38. The van der Waals surface area contributed by atoms with Crippen LogP contribution in [0.1, 0.15) is 53.4 Å². The number of anilines is 1. The summed E-state index contributed by atoms with van der Waals surface area (Å²) in [6.07, 6.45) is 8.29. The second kappa shape index (κ2) is 17.3. The fourth-order valence-corrected chi connectivity index (χ4v) is 4.85. The minimum atomic E-state index is 0.178. The quantitative estimate of drug-likeness (QED) is 0.345. The zero-order valence-electron chi connectivity index (χ0n) is 22.6. The van der Waals surface area contributed by atoms with Gasteiger partial charge in [-0.15, -0.1) is 0 Å². The van der Waals surface area contributed by atoms with E-state index in [9.17, 15) is 0 Å². The Kier molecular flexibility index (Phi) is 15.0. The Morgan fingerprint density at radius 3 is 1.70 bits per heavy atom. The summed E-state index contributed by atoms with van der Waals surface area (Å²) in [4.78, 5) is 20.3. The van der Waals surface area contributed by atoms with Crippen LogP contribution < -0.4 is 11.1 Å². The number of likely N-dealkylation sites (tertiary alicyclic amines) is 2. The highest BCUT2D eigenvalue weighted by Gasteiger charge is 2.21. The highest BCUT2D eigenvalue weighted by Crippen LogP contribution is 2.20. The van der Waals surface area contributed by atoms with Crippen molar-refractivity contribution in [2.24, 2.45) is 17.6 Å². The third kappa shape index (κ3) is 12.9. The third-order valence-corrected chi connectivity index (χ3v) is 7.46. The normalized spacial score (nSPS) is 17.7. The van der Waals surface area contributed by atoms with Crippen molar-refractivity contribution in [1.82, 2.24) is 29.7 Å². The van der Waals surface area contributed by atoms with Crippen molar-refractivity contribution in [3.05, 3.63) is 40.2 Å². The number of hydrogen-bond acceptors (Lipinski definition) is 8. The van der Waals surface area contributed by atoms with Crippen LogP contribution >= 0.6 is 34.8 Å². The zero-order chi connectivity index (χ0) is 27.2. The number of nitrogens with one attached hydrogen (secondary N) is 1. The number of piperidine rings is 2. The molecule has 0 spiro atoms. The molecule has 0 aromatic carbocycles. The predicted molar refractivity (Wildman–Crippen MR) is 156 cm³/mol. The lowest BCUT2D eigenvalue weighted by atomic mass is 9.96. The van der Waals surface area contributed by atoms with Crippen molar-refractivity contribution < 1.29 is 0 Å². The molecule has 8 nitrogen and oxygen atoms in total. The van der Waals surface area contributed by atoms with Gasteiger partial charge in [-0.1, -0.05) is 11.6 Å². The summed E-state index contributed by atoms with van der Waals surface area (Å²) in [5, 5.41) is 4.19. The van der Waals surface area contributed by atoms with Crippen molar-refractivity contribution in [3.8, 4) is 0 Å². The molecule has 0 saturated carbocycles. The summed E-state index contributed by atoms with van der Waals surface area (Å²) in [6, 6.07) is 4.80. The second-order valence-corrected chi connectivity index (χ2v) is 11.2. The number of nitrogens with zero attached hydrogens (tertiary/aromatic N) is 6. The van der Waals surface area contributed by atoms with Crippen LogP contribution in [0.25, 0.3) is 0 Å². The summed E-state index contributed by atoms with van der Waals surface area (Å²) in [5.74, 6) is 2.35. The standard InChI is InChI=1S/C13H21ClN4.C9H20N2.C4H2Cl2N2/c1-10(2)18-7-4-11(5-8-18)9-16-12-3-6-15-13(14)17-12;1-8(2)11-5-3-9(7-10)4-6-11;5-3-1-2-7-4(6)8-3/h3,6,10-11H,4-5,7-9H2,1-2H3,(H,15,16,17);8-9H,3-7,10H2,1-2H3;1-2H. The molecule has 0 unspecified atom stereocenters. The van der Waals surface area contributed by atoms with Crippen LogP contribution in [0.2, 0.25) is 15.7 Å². The zero-order valence-corrected chi connectivity index (χ0v) is 24.9.